The van der Waals surface area contributed by atoms with Gasteiger partial charge in [0.2, 0.25) is 6.10 Å². The molecule has 0 N–H and O–H groups in total. The summed E-state index contributed by atoms with van der Waals surface area (Å²) >= 11 is 0. The predicted molar refractivity (Wildman–Crippen MR) is 60.4 cm³/mol. The number of rotatable bonds is 1. The van der Waals surface area contributed by atoms with E-state index in [9.17, 15) is 9.59 Å². The summed E-state index contributed by atoms with van der Waals surface area (Å²) in [6.07, 6.45) is -0.920. The molecule has 4 nitrogen and oxygen atoms in total. The summed E-state index contributed by atoms with van der Waals surface area (Å²) in [5.74, 6) is -1.01. The van der Waals surface area contributed by atoms with Crippen LogP contribution in [-0.4, -0.2) is 18.5 Å². The smallest absolute Gasteiger partial charge is 0.352 e. The van der Waals surface area contributed by atoms with E-state index in [1.54, 1.807) is 0 Å². The molecule has 0 radical (unpaired) electrons. The molecule has 0 spiro atoms. The number of ether oxygens (including phenoxy) is 2. The Morgan fingerprint density at radius 1 is 1.12 bits per heavy atom. The van der Waals surface area contributed by atoms with Crippen molar-refractivity contribution in [2.24, 2.45) is 0 Å². The highest BCUT2D eigenvalue weighted by molar-refractivity contribution is 5.86. The van der Waals surface area contributed by atoms with Crippen molar-refractivity contribution in [3.63, 3.8) is 0 Å². The molecule has 1 aliphatic heterocycles. The van der Waals surface area contributed by atoms with Gasteiger partial charge in [0.05, 0.1) is 0 Å². The highest BCUT2D eigenvalue weighted by atomic mass is 16.6. The lowest BCUT2D eigenvalue weighted by Gasteiger charge is -2.24. The van der Waals surface area contributed by atoms with Crippen molar-refractivity contribution in [1.29, 1.82) is 0 Å². The van der Waals surface area contributed by atoms with Gasteiger partial charge in [-0.2, -0.15) is 0 Å². The number of esters is 2. The number of benzene rings is 1. The number of cyclic esters (lactones) is 2. The van der Waals surface area contributed by atoms with Gasteiger partial charge in [-0.05, 0) is 31.9 Å². The molecule has 17 heavy (non-hydrogen) atoms. The van der Waals surface area contributed by atoms with Crippen LogP contribution in [0.3, 0.4) is 0 Å². The average molecular weight is 234 g/mol. The fourth-order valence-corrected chi connectivity index (χ4v) is 2.20. The minimum absolute atomic E-state index is 0.292. The minimum Gasteiger partial charge on any atom is -0.451 e. The van der Waals surface area contributed by atoms with Crippen LogP contribution < -0.4 is 0 Å². The lowest BCUT2D eigenvalue weighted by atomic mass is 9.95. The lowest BCUT2D eigenvalue weighted by Crippen LogP contribution is -2.32. The van der Waals surface area contributed by atoms with Crippen LogP contribution in [-0.2, 0) is 19.1 Å². The third-order valence-electron chi connectivity index (χ3n) is 2.80. The summed E-state index contributed by atoms with van der Waals surface area (Å²) in [5.41, 5.74) is 3.70. The Balaban J connectivity index is 2.45. The van der Waals surface area contributed by atoms with Gasteiger partial charge in [0.15, 0.2) is 6.61 Å². The molecular formula is C13H14O4. The van der Waals surface area contributed by atoms with Gasteiger partial charge in [0.1, 0.15) is 0 Å². The number of carbonyl (C=O) groups is 2. The van der Waals surface area contributed by atoms with Gasteiger partial charge in [-0.3, -0.25) is 0 Å². The van der Waals surface area contributed by atoms with Gasteiger partial charge in [0, 0.05) is 5.56 Å². The van der Waals surface area contributed by atoms with Crippen LogP contribution in [0.2, 0.25) is 0 Å². The maximum absolute atomic E-state index is 11.6. The quantitative estimate of drug-likeness (QED) is 0.695. The van der Waals surface area contributed by atoms with Gasteiger partial charge < -0.3 is 9.47 Å². The van der Waals surface area contributed by atoms with E-state index in [2.05, 4.69) is 0 Å². The normalized spacial score (nSPS) is 19.8. The first-order chi connectivity index (χ1) is 7.99. The molecule has 0 aliphatic carbocycles. The Labute approximate surface area is 99.5 Å². The Bertz CT molecular complexity index is 467. The summed E-state index contributed by atoms with van der Waals surface area (Å²) in [6, 6.07) is 3.91. The van der Waals surface area contributed by atoms with E-state index in [0.29, 0.717) is 0 Å². The van der Waals surface area contributed by atoms with Crippen LogP contribution in [0.25, 0.3) is 0 Å². The van der Waals surface area contributed by atoms with Crippen molar-refractivity contribution in [3.05, 3.63) is 34.4 Å². The zero-order valence-corrected chi connectivity index (χ0v) is 10.1. The van der Waals surface area contributed by atoms with Gasteiger partial charge in [-0.25, -0.2) is 9.59 Å². The second-order valence-corrected chi connectivity index (χ2v) is 4.29. The van der Waals surface area contributed by atoms with E-state index in [1.165, 1.54) is 0 Å². The molecule has 90 valence electrons. The Kier molecular flexibility index (Phi) is 2.88. The fraction of sp³-hybridized carbons (Fsp3) is 0.385. The molecular weight excluding hydrogens is 220 g/mol. The standard InChI is InChI=1S/C13H14O4/c1-7-4-8(2)11(9(3)5-7)12-13(15)16-6-10(14)17-12/h4-5,12H,6H2,1-3H3. The summed E-state index contributed by atoms with van der Waals surface area (Å²) < 4.78 is 9.86. The molecule has 1 aromatic rings. The maximum Gasteiger partial charge on any atom is 0.352 e. The monoisotopic (exact) mass is 234 g/mol. The third kappa shape index (κ3) is 2.16. The molecule has 2 rings (SSSR count). The SMILES string of the molecule is Cc1cc(C)c(C2OC(=O)COC2=O)c(C)c1. The molecule has 4 heteroatoms. The van der Waals surface area contributed by atoms with Gasteiger partial charge in [-0.15, -0.1) is 0 Å². The molecule has 1 saturated heterocycles. The van der Waals surface area contributed by atoms with E-state index >= 15 is 0 Å². The first-order valence-corrected chi connectivity index (χ1v) is 5.43. The molecule has 1 unspecified atom stereocenters. The summed E-state index contributed by atoms with van der Waals surface area (Å²) in [6.45, 7) is 5.48. The summed E-state index contributed by atoms with van der Waals surface area (Å²) in [7, 11) is 0. The zero-order valence-electron chi connectivity index (χ0n) is 10.1. The molecule has 0 amide bonds. The van der Waals surface area contributed by atoms with Gasteiger partial charge in [-0.1, -0.05) is 17.7 Å². The minimum atomic E-state index is -0.920. The van der Waals surface area contributed by atoms with Crippen molar-refractivity contribution in [2.45, 2.75) is 26.9 Å². The van der Waals surface area contributed by atoms with Crippen molar-refractivity contribution in [1.82, 2.24) is 0 Å². The van der Waals surface area contributed by atoms with E-state index in [4.69, 9.17) is 9.47 Å². The lowest BCUT2D eigenvalue weighted by molar-refractivity contribution is -0.185. The first kappa shape index (κ1) is 11.6. The fourth-order valence-electron chi connectivity index (χ4n) is 2.20. The summed E-state index contributed by atoms with van der Waals surface area (Å²) in [5, 5.41) is 0. The average Bonchev–Trinajstić information content (AvgIpc) is 2.21. The van der Waals surface area contributed by atoms with Crippen molar-refractivity contribution >= 4 is 11.9 Å². The van der Waals surface area contributed by atoms with Crippen LogP contribution in [0, 0.1) is 20.8 Å². The Morgan fingerprint density at radius 2 is 1.71 bits per heavy atom. The third-order valence-corrected chi connectivity index (χ3v) is 2.80. The molecule has 0 bridgehead atoms. The first-order valence-electron chi connectivity index (χ1n) is 5.43. The molecule has 1 fully saturated rings. The Hall–Kier alpha value is -1.84. The number of hydrogen-bond donors (Lipinski definition) is 0. The van der Waals surface area contributed by atoms with E-state index < -0.39 is 18.0 Å². The highest BCUT2D eigenvalue weighted by Crippen LogP contribution is 2.29. The van der Waals surface area contributed by atoms with Crippen LogP contribution in [0.4, 0.5) is 0 Å². The topological polar surface area (TPSA) is 52.6 Å². The van der Waals surface area contributed by atoms with Crippen LogP contribution in [0.5, 0.6) is 0 Å². The predicted octanol–water partition coefficient (Wildman–Crippen LogP) is 1.75. The van der Waals surface area contributed by atoms with Crippen LogP contribution >= 0.6 is 0 Å². The second kappa shape index (κ2) is 4.20. The van der Waals surface area contributed by atoms with E-state index in [-0.39, 0.29) is 6.61 Å². The molecule has 0 saturated carbocycles. The molecule has 1 heterocycles. The zero-order chi connectivity index (χ0) is 12.6. The van der Waals surface area contributed by atoms with Crippen molar-refractivity contribution in [2.75, 3.05) is 6.61 Å². The number of hydrogen-bond acceptors (Lipinski definition) is 4. The Morgan fingerprint density at radius 3 is 2.29 bits per heavy atom. The van der Waals surface area contributed by atoms with Crippen molar-refractivity contribution < 1.29 is 19.1 Å². The van der Waals surface area contributed by atoms with E-state index in [1.807, 2.05) is 32.9 Å². The van der Waals surface area contributed by atoms with Crippen LogP contribution in [0.15, 0.2) is 12.1 Å². The van der Waals surface area contributed by atoms with Gasteiger partial charge >= 0.3 is 11.9 Å². The van der Waals surface area contributed by atoms with Gasteiger partial charge in [0.25, 0.3) is 0 Å². The molecule has 0 aromatic heterocycles. The largest absolute Gasteiger partial charge is 0.451 e. The molecule has 1 atom stereocenters. The second-order valence-electron chi connectivity index (χ2n) is 4.29. The van der Waals surface area contributed by atoms with Crippen LogP contribution in [0.1, 0.15) is 28.4 Å². The summed E-state index contributed by atoms with van der Waals surface area (Å²) in [4.78, 5) is 22.8. The number of carbonyl (C=O) groups excluding carboxylic acids is 2. The molecule has 1 aromatic carbocycles. The number of aryl methyl sites for hydroxylation is 3. The van der Waals surface area contributed by atoms with E-state index in [0.717, 1.165) is 22.3 Å². The highest BCUT2D eigenvalue weighted by Gasteiger charge is 2.33. The van der Waals surface area contributed by atoms with Crippen molar-refractivity contribution in [3.8, 4) is 0 Å². The maximum atomic E-state index is 11.6. The molecule has 1 aliphatic rings.